The minimum atomic E-state index is 0.306. The summed E-state index contributed by atoms with van der Waals surface area (Å²) in [6, 6.07) is 5.66. The quantitative estimate of drug-likeness (QED) is 0.684. The Morgan fingerprint density at radius 2 is 2.23 bits per heavy atom. The van der Waals surface area contributed by atoms with Crippen molar-refractivity contribution in [2.24, 2.45) is 0 Å². The van der Waals surface area contributed by atoms with Crippen molar-refractivity contribution in [3.05, 3.63) is 36.4 Å². The highest BCUT2D eigenvalue weighted by atomic mass is 16.3. The number of benzene rings is 1. The molecule has 2 rings (SSSR count). The van der Waals surface area contributed by atoms with Gasteiger partial charge in [0.2, 0.25) is 0 Å². The monoisotopic (exact) mass is 174 g/mol. The summed E-state index contributed by atoms with van der Waals surface area (Å²) in [5.41, 5.74) is 3.04. The minimum Gasteiger partial charge on any atom is -0.506 e. The van der Waals surface area contributed by atoms with E-state index < -0.39 is 0 Å². The number of rotatable bonds is 1. The fraction of sp³-hybridized carbons (Fsp3) is 0.182. The summed E-state index contributed by atoms with van der Waals surface area (Å²) in [5, 5.41) is 10.6. The predicted molar refractivity (Wildman–Crippen MR) is 53.8 cm³/mol. The van der Waals surface area contributed by atoms with Gasteiger partial charge in [-0.25, -0.2) is 0 Å². The molecule has 1 aromatic heterocycles. The topological polar surface area (TPSA) is 36.0 Å². The second-order valence-electron chi connectivity index (χ2n) is 3.23. The first-order valence-electron chi connectivity index (χ1n) is 4.32. The fourth-order valence-electron chi connectivity index (χ4n) is 1.54. The summed E-state index contributed by atoms with van der Waals surface area (Å²) in [6.07, 6.45) is 0.716. The molecule has 0 atom stereocenters. The zero-order valence-corrected chi connectivity index (χ0v) is 7.59. The molecule has 1 heterocycles. The molecule has 0 saturated heterocycles. The van der Waals surface area contributed by atoms with Crippen LogP contribution in [-0.2, 0) is 6.42 Å². The van der Waals surface area contributed by atoms with E-state index >= 15 is 0 Å². The molecule has 2 N–H and O–H groups in total. The molecule has 2 heteroatoms. The lowest BCUT2D eigenvalue weighted by molar-refractivity contribution is 0.480. The first kappa shape index (κ1) is 8.17. The van der Waals surface area contributed by atoms with Crippen LogP contribution >= 0.6 is 0 Å². The largest absolute Gasteiger partial charge is 0.506 e. The second kappa shape index (κ2) is 2.80. The summed E-state index contributed by atoms with van der Waals surface area (Å²) in [5.74, 6) is 0.306. The Morgan fingerprint density at radius 3 is 2.85 bits per heavy atom. The Hall–Kier alpha value is -1.44. The maximum Gasteiger partial charge on any atom is 0.139 e. The van der Waals surface area contributed by atoms with Gasteiger partial charge in [0.05, 0.1) is 5.52 Å². The average molecular weight is 174 g/mol. The summed E-state index contributed by atoms with van der Waals surface area (Å²) >= 11 is 0. The van der Waals surface area contributed by atoms with Gasteiger partial charge in [-0.15, -0.1) is 0 Å². The van der Waals surface area contributed by atoms with E-state index in [9.17, 15) is 5.11 Å². The number of H-pyrrole nitrogens is 1. The van der Waals surface area contributed by atoms with Gasteiger partial charge in [-0.1, -0.05) is 6.07 Å². The van der Waals surface area contributed by atoms with Gasteiger partial charge in [-0.3, -0.25) is 0 Å². The number of hydrogen-bond donors (Lipinski definition) is 2. The lowest BCUT2D eigenvalue weighted by Crippen LogP contribution is -1.76. The number of aromatic nitrogens is 1. The van der Waals surface area contributed by atoms with Gasteiger partial charge in [0.25, 0.3) is 0 Å². The molecule has 0 amide bonds. The van der Waals surface area contributed by atoms with E-state index in [0.717, 1.165) is 16.6 Å². The van der Waals surface area contributed by atoms with Crippen LogP contribution in [0, 0.1) is 13.8 Å². The van der Waals surface area contributed by atoms with Gasteiger partial charge in [0.15, 0.2) is 0 Å². The highest BCUT2D eigenvalue weighted by molar-refractivity contribution is 5.88. The van der Waals surface area contributed by atoms with E-state index in [1.165, 1.54) is 5.56 Å². The number of fused-ring (bicyclic) bond motifs is 1. The van der Waals surface area contributed by atoms with E-state index in [1.54, 1.807) is 6.07 Å². The van der Waals surface area contributed by atoms with E-state index in [1.807, 2.05) is 19.1 Å². The third kappa shape index (κ3) is 1.18. The third-order valence-electron chi connectivity index (χ3n) is 2.31. The number of phenolic OH excluding ortho intramolecular Hbond substituents is 1. The number of phenols is 1. The second-order valence-corrected chi connectivity index (χ2v) is 3.23. The van der Waals surface area contributed by atoms with Crippen LogP contribution < -0.4 is 0 Å². The Labute approximate surface area is 77.2 Å². The molecule has 0 aliphatic heterocycles. The molecule has 2 nitrogen and oxygen atoms in total. The van der Waals surface area contributed by atoms with Gasteiger partial charge < -0.3 is 10.1 Å². The molecular formula is C11H12NO. The SMILES string of the molecule is [CH2]Cc1cc2c(C)ccc(O)c2[nH]1. The molecule has 0 spiro atoms. The lowest BCUT2D eigenvalue weighted by Gasteiger charge is -1.97. The third-order valence-corrected chi connectivity index (χ3v) is 2.31. The van der Waals surface area contributed by atoms with Crippen LogP contribution in [-0.4, -0.2) is 10.1 Å². The molecule has 0 aliphatic rings. The minimum absolute atomic E-state index is 0.306. The molecule has 0 bridgehead atoms. The van der Waals surface area contributed by atoms with Crippen molar-refractivity contribution < 1.29 is 5.11 Å². The molecule has 2 aromatic rings. The Kier molecular flexibility index (Phi) is 1.76. The van der Waals surface area contributed by atoms with Crippen LogP contribution in [0.5, 0.6) is 5.75 Å². The molecule has 0 unspecified atom stereocenters. The lowest BCUT2D eigenvalue weighted by atomic mass is 10.1. The number of hydrogen-bond acceptors (Lipinski definition) is 1. The van der Waals surface area contributed by atoms with Gasteiger partial charge in [0.1, 0.15) is 5.75 Å². The average Bonchev–Trinajstić information content (AvgIpc) is 2.56. The molecule has 0 fully saturated rings. The molecule has 1 aromatic carbocycles. The van der Waals surface area contributed by atoms with Gasteiger partial charge in [-0.05, 0) is 38.0 Å². The van der Waals surface area contributed by atoms with E-state index in [2.05, 4.69) is 11.9 Å². The number of aryl methyl sites for hydroxylation is 1. The maximum atomic E-state index is 9.55. The van der Waals surface area contributed by atoms with Crippen molar-refractivity contribution in [3.63, 3.8) is 0 Å². The van der Waals surface area contributed by atoms with Crippen molar-refractivity contribution in [2.45, 2.75) is 13.3 Å². The van der Waals surface area contributed by atoms with E-state index in [-0.39, 0.29) is 0 Å². The van der Waals surface area contributed by atoms with Gasteiger partial charge in [0, 0.05) is 11.1 Å². The first-order valence-corrected chi connectivity index (χ1v) is 4.32. The number of aromatic amines is 1. The van der Waals surface area contributed by atoms with Crippen LogP contribution in [0.4, 0.5) is 0 Å². The Bertz CT molecular complexity index is 404. The molecular weight excluding hydrogens is 162 g/mol. The van der Waals surface area contributed by atoms with Gasteiger partial charge in [-0.2, -0.15) is 0 Å². The zero-order valence-electron chi connectivity index (χ0n) is 7.59. The Balaban J connectivity index is 2.80. The molecule has 13 heavy (non-hydrogen) atoms. The molecule has 67 valence electrons. The van der Waals surface area contributed by atoms with Crippen LogP contribution in [0.15, 0.2) is 18.2 Å². The van der Waals surface area contributed by atoms with Crippen molar-refractivity contribution in [3.8, 4) is 5.75 Å². The van der Waals surface area contributed by atoms with E-state index in [0.29, 0.717) is 12.2 Å². The molecule has 0 saturated carbocycles. The van der Waals surface area contributed by atoms with Crippen molar-refractivity contribution in [1.82, 2.24) is 4.98 Å². The first-order chi connectivity index (χ1) is 6.22. The van der Waals surface area contributed by atoms with E-state index in [4.69, 9.17) is 0 Å². The highest BCUT2D eigenvalue weighted by Gasteiger charge is 2.05. The predicted octanol–water partition coefficient (Wildman–Crippen LogP) is 2.56. The van der Waals surface area contributed by atoms with Crippen LogP contribution in [0.3, 0.4) is 0 Å². The maximum absolute atomic E-state index is 9.55. The Morgan fingerprint density at radius 1 is 1.46 bits per heavy atom. The summed E-state index contributed by atoms with van der Waals surface area (Å²) in [7, 11) is 0. The summed E-state index contributed by atoms with van der Waals surface area (Å²) in [4.78, 5) is 3.14. The number of nitrogens with one attached hydrogen (secondary N) is 1. The highest BCUT2D eigenvalue weighted by Crippen LogP contribution is 2.27. The zero-order chi connectivity index (χ0) is 9.42. The normalized spacial score (nSPS) is 10.9. The van der Waals surface area contributed by atoms with Crippen molar-refractivity contribution in [1.29, 1.82) is 0 Å². The molecule has 0 aliphatic carbocycles. The van der Waals surface area contributed by atoms with Crippen LogP contribution in [0.25, 0.3) is 10.9 Å². The summed E-state index contributed by atoms with van der Waals surface area (Å²) < 4.78 is 0. The number of aromatic hydroxyl groups is 1. The molecule has 1 radical (unpaired) electrons. The smallest absolute Gasteiger partial charge is 0.139 e. The van der Waals surface area contributed by atoms with Crippen molar-refractivity contribution >= 4 is 10.9 Å². The van der Waals surface area contributed by atoms with Crippen LogP contribution in [0.2, 0.25) is 0 Å². The van der Waals surface area contributed by atoms with Crippen LogP contribution in [0.1, 0.15) is 11.3 Å². The van der Waals surface area contributed by atoms with Crippen molar-refractivity contribution in [2.75, 3.05) is 0 Å². The fourth-order valence-corrected chi connectivity index (χ4v) is 1.54. The van der Waals surface area contributed by atoms with Gasteiger partial charge >= 0.3 is 0 Å². The standard InChI is InChI=1S/C11H12NO/c1-3-8-6-9-7(2)4-5-10(13)11(9)12-8/h4-6,12-13H,1,3H2,2H3. The summed E-state index contributed by atoms with van der Waals surface area (Å²) in [6.45, 7) is 5.83.